The molecule has 2 aromatic rings. The summed E-state index contributed by atoms with van der Waals surface area (Å²) in [7, 11) is 0. The van der Waals surface area contributed by atoms with E-state index in [0.29, 0.717) is 5.69 Å². The predicted octanol–water partition coefficient (Wildman–Crippen LogP) is 2.56. The molecule has 0 spiro atoms. The number of oxime groups is 1. The monoisotopic (exact) mass is 249 g/mol. The van der Waals surface area contributed by atoms with Crippen LogP contribution in [0.25, 0.3) is 11.1 Å². The van der Waals surface area contributed by atoms with E-state index in [1.807, 2.05) is 24.3 Å². The summed E-state index contributed by atoms with van der Waals surface area (Å²) < 4.78 is 0. The molecule has 0 aliphatic carbocycles. The smallest absolute Gasteiger partial charge is 0.0740 e. The Kier molecular flexibility index (Phi) is 4.48. The van der Waals surface area contributed by atoms with Crippen molar-refractivity contribution >= 4 is 24.3 Å². The van der Waals surface area contributed by atoms with Gasteiger partial charge in [0.2, 0.25) is 0 Å². The van der Waals surface area contributed by atoms with E-state index in [4.69, 9.17) is 10.9 Å². The number of aromatic nitrogens is 1. The summed E-state index contributed by atoms with van der Waals surface area (Å²) >= 11 is 0. The summed E-state index contributed by atoms with van der Waals surface area (Å²) in [5.74, 6) is 0. The van der Waals surface area contributed by atoms with Crippen molar-refractivity contribution < 1.29 is 5.21 Å². The van der Waals surface area contributed by atoms with Crippen molar-refractivity contribution in [1.29, 1.82) is 0 Å². The molecule has 4 nitrogen and oxygen atoms in total. The summed E-state index contributed by atoms with van der Waals surface area (Å²) in [6.45, 7) is 0. The molecule has 1 aromatic heterocycles. The predicted molar refractivity (Wildman–Crippen MR) is 70.7 cm³/mol. The summed E-state index contributed by atoms with van der Waals surface area (Å²) in [5.41, 5.74) is 9.04. The molecule has 0 atom stereocenters. The van der Waals surface area contributed by atoms with E-state index in [1.54, 1.807) is 18.5 Å². The number of rotatable bonds is 2. The van der Waals surface area contributed by atoms with E-state index < -0.39 is 0 Å². The van der Waals surface area contributed by atoms with Gasteiger partial charge in [-0.15, -0.1) is 12.4 Å². The SMILES string of the molecule is Cl.Nc1ccncc1-c1ccccc1C=NO. The third kappa shape index (κ3) is 2.73. The minimum Gasteiger partial charge on any atom is -0.411 e. The number of hydrogen-bond acceptors (Lipinski definition) is 4. The van der Waals surface area contributed by atoms with Gasteiger partial charge >= 0.3 is 0 Å². The van der Waals surface area contributed by atoms with Crippen LogP contribution < -0.4 is 5.73 Å². The molecule has 0 aliphatic heterocycles. The standard InChI is InChI=1S/C12H11N3O.ClH/c13-12-5-6-14-8-11(12)10-4-2-1-3-9(10)7-15-16;/h1-8,16H,(H2,13,14);1H. The van der Waals surface area contributed by atoms with Gasteiger partial charge < -0.3 is 10.9 Å². The molecule has 0 aliphatic rings. The average Bonchev–Trinajstić information content (AvgIpc) is 2.31. The van der Waals surface area contributed by atoms with Crippen LogP contribution in [-0.4, -0.2) is 16.4 Å². The van der Waals surface area contributed by atoms with Crippen LogP contribution >= 0.6 is 12.4 Å². The number of benzene rings is 1. The van der Waals surface area contributed by atoms with Crippen LogP contribution in [-0.2, 0) is 0 Å². The van der Waals surface area contributed by atoms with E-state index in [-0.39, 0.29) is 12.4 Å². The van der Waals surface area contributed by atoms with Crippen LogP contribution in [0, 0.1) is 0 Å². The maximum atomic E-state index is 8.58. The van der Waals surface area contributed by atoms with Crippen LogP contribution in [0.5, 0.6) is 0 Å². The Morgan fingerprint density at radius 2 is 1.94 bits per heavy atom. The zero-order chi connectivity index (χ0) is 11.4. The first kappa shape index (κ1) is 13.0. The lowest BCUT2D eigenvalue weighted by molar-refractivity contribution is 0.322. The molecule has 1 heterocycles. The Hall–Kier alpha value is -2.07. The van der Waals surface area contributed by atoms with Gasteiger partial charge in [0, 0.05) is 29.2 Å². The van der Waals surface area contributed by atoms with Gasteiger partial charge in [-0.3, -0.25) is 4.98 Å². The van der Waals surface area contributed by atoms with Crippen LogP contribution in [0.3, 0.4) is 0 Å². The quantitative estimate of drug-likeness (QED) is 0.488. The average molecular weight is 250 g/mol. The highest BCUT2D eigenvalue weighted by Gasteiger charge is 2.05. The second-order valence-electron chi connectivity index (χ2n) is 3.29. The highest BCUT2D eigenvalue weighted by Crippen LogP contribution is 2.26. The van der Waals surface area contributed by atoms with Gasteiger partial charge in [0.1, 0.15) is 0 Å². The molecule has 0 unspecified atom stereocenters. The Balaban J connectivity index is 0.00000144. The normalized spacial score (nSPS) is 10.1. The minimum absolute atomic E-state index is 0. The number of hydrogen-bond donors (Lipinski definition) is 2. The molecule has 2 rings (SSSR count). The molecular formula is C12H12ClN3O. The molecule has 88 valence electrons. The zero-order valence-electron chi connectivity index (χ0n) is 8.95. The van der Waals surface area contributed by atoms with Gasteiger partial charge in [-0.25, -0.2) is 0 Å². The fourth-order valence-corrected chi connectivity index (χ4v) is 1.55. The Bertz CT molecular complexity index is 529. The number of pyridine rings is 1. The van der Waals surface area contributed by atoms with Gasteiger partial charge in [0.15, 0.2) is 0 Å². The molecular weight excluding hydrogens is 238 g/mol. The fourth-order valence-electron chi connectivity index (χ4n) is 1.55. The first-order valence-corrected chi connectivity index (χ1v) is 4.79. The van der Waals surface area contributed by atoms with E-state index in [1.165, 1.54) is 6.21 Å². The molecule has 17 heavy (non-hydrogen) atoms. The lowest BCUT2D eigenvalue weighted by Gasteiger charge is -2.07. The highest BCUT2D eigenvalue weighted by atomic mass is 35.5. The number of halogens is 1. The highest BCUT2D eigenvalue weighted by molar-refractivity contribution is 5.92. The maximum Gasteiger partial charge on any atom is 0.0740 e. The molecule has 1 aromatic carbocycles. The van der Waals surface area contributed by atoms with E-state index in [9.17, 15) is 0 Å². The van der Waals surface area contributed by atoms with Crippen molar-refractivity contribution in [3.63, 3.8) is 0 Å². The minimum atomic E-state index is 0. The van der Waals surface area contributed by atoms with Crippen molar-refractivity contribution in [3.8, 4) is 11.1 Å². The molecule has 0 bridgehead atoms. The summed E-state index contributed by atoms with van der Waals surface area (Å²) in [6, 6.07) is 9.26. The first-order valence-electron chi connectivity index (χ1n) is 4.79. The third-order valence-electron chi connectivity index (χ3n) is 2.30. The molecule has 0 amide bonds. The van der Waals surface area contributed by atoms with Crippen LogP contribution in [0.4, 0.5) is 5.69 Å². The first-order chi connectivity index (χ1) is 7.83. The van der Waals surface area contributed by atoms with Crippen molar-refractivity contribution in [2.24, 2.45) is 5.16 Å². The van der Waals surface area contributed by atoms with Crippen molar-refractivity contribution in [2.45, 2.75) is 0 Å². The van der Waals surface area contributed by atoms with Gasteiger partial charge in [-0.05, 0) is 11.6 Å². The summed E-state index contributed by atoms with van der Waals surface area (Å²) in [4.78, 5) is 4.04. The zero-order valence-corrected chi connectivity index (χ0v) is 9.76. The van der Waals surface area contributed by atoms with Crippen molar-refractivity contribution in [1.82, 2.24) is 4.98 Å². The maximum absolute atomic E-state index is 8.58. The van der Waals surface area contributed by atoms with E-state index >= 15 is 0 Å². The molecule has 0 saturated heterocycles. The topological polar surface area (TPSA) is 71.5 Å². The third-order valence-corrected chi connectivity index (χ3v) is 2.30. The van der Waals surface area contributed by atoms with Crippen LogP contribution in [0.1, 0.15) is 5.56 Å². The number of nitrogen functional groups attached to an aromatic ring is 1. The number of nitrogens with zero attached hydrogens (tertiary/aromatic N) is 2. The lowest BCUT2D eigenvalue weighted by Crippen LogP contribution is -1.94. The van der Waals surface area contributed by atoms with Gasteiger partial charge in [0.05, 0.1) is 6.21 Å². The fraction of sp³-hybridized carbons (Fsp3) is 0. The lowest BCUT2D eigenvalue weighted by atomic mass is 10.0. The Labute approximate surface area is 105 Å². The van der Waals surface area contributed by atoms with Crippen molar-refractivity contribution in [3.05, 3.63) is 48.3 Å². The molecule has 0 fully saturated rings. The van der Waals surface area contributed by atoms with E-state index in [0.717, 1.165) is 16.7 Å². The van der Waals surface area contributed by atoms with Crippen molar-refractivity contribution in [2.75, 3.05) is 5.73 Å². The molecule has 5 heteroatoms. The second-order valence-corrected chi connectivity index (χ2v) is 3.29. The molecule has 0 saturated carbocycles. The van der Waals surface area contributed by atoms with Crippen LogP contribution in [0.2, 0.25) is 0 Å². The number of anilines is 1. The Morgan fingerprint density at radius 1 is 1.18 bits per heavy atom. The van der Waals surface area contributed by atoms with Gasteiger partial charge in [-0.1, -0.05) is 29.4 Å². The second kappa shape index (κ2) is 5.86. The summed E-state index contributed by atoms with van der Waals surface area (Å²) in [6.07, 6.45) is 4.71. The van der Waals surface area contributed by atoms with Gasteiger partial charge in [-0.2, -0.15) is 0 Å². The number of nitrogens with two attached hydrogens (primary N) is 1. The molecule has 3 N–H and O–H groups in total. The van der Waals surface area contributed by atoms with E-state index in [2.05, 4.69) is 10.1 Å². The summed E-state index contributed by atoms with van der Waals surface area (Å²) in [5, 5.41) is 11.6. The van der Waals surface area contributed by atoms with Gasteiger partial charge in [0.25, 0.3) is 0 Å². The molecule has 0 radical (unpaired) electrons. The van der Waals surface area contributed by atoms with Crippen LogP contribution in [0.15, 0.2) is 47.9 Å². The Morgan fingerprint density at radius 3 is 2.65 bits per heavy atom. The largest absolute Gasteiger partial charge is 0.411 e.